The number of anilines is 2. The second-order valence-electron chi connectivity index (χ2n) is 10.5. The van der Waals surface area contributed by atoms with Crippen molar-refractivity contribution in [2.24, 2.45) is 5.92 Å². The molecule has 0 bridgehead atoms. The molecule has 0 aliphatic carbocycles. The summed E-state index contributed by atoms with van der Waals surface area (Å²) in [5, 5.41) is 6.21. The third kappa shape index (κ3) is 6.62. The van der Waals surface area contributed by atoms with Gasteiger partial charge in [-0.15, -0.1) is 0 Å². The standard InChI is InChI=1S/C29H32ClN3O4S/c1-29(2,3)22-11-9-20(10-12-22)27(34)31-24-7-4-8-25(18-24)32-28(35)21-6-5-17-33(19-21)38(36,37)26-15-13-23(30)14-16-26/h4,7-16,18,21H,5-6,17,19H2,1-3H3,(H,31,34)(H,32,35). The predicted octanol–water partition coefficient (Wildman–Crippen LogP) is 5.93. The van der Waals surface area contributed by atoms with Crippen LogP contribution in [0.15, 0.2) is 77.7 Å². The van der Waals surface area contributed by atoms with Crippen molar-refractivity contribution in [2.75, 3.05) is 23.7 Å². The van der Waals surface area contributed by atoms with Gasteiger partial charge in [0.05, 0.1) is 10.8 Å². The molecular weight excluding hydrogens is 522 g/mol. The van der Waals surface area contributed by atoms with Gasteiger partial charge in [-0.2, -0.15) is 4.31 Å². The van der Waals surface area contributed by atoms with E-state index in [1.807, 2.05) is 12.1 Å². The highest BCUT2D eigenvalue weighted by Gasteiger charge is 2.33. The van der Waals surface area contributed by atoms with Crippen molar-refractivity contribution >= 4 is 44.8 Å². The highest BCUT2D eigenvalue weighted by atomic mass is 35.5. The van der Waals surface area contributed by atoms with E-state index in [1.54, 1.807) is 36.4 Å². The minimum absolute atomic E-state index is 0.00303. The van der Waals surface area contributed by atoms with Crippen molar-refractivity contribution in [3.8, 4) is 0 Å². The van der Waals surface area contributed by atoms with Crippen LogP contribution >= 0.6 is 11.6 Å². The maximum absolute atomic E-state index is 13.1. The Labute approximate surface area is 229 Å². The van der Waals surface area contributed by atoms with E-state index in [4.69, 9.17) is 11.6 Å². The summed E-state index contributed by atoms with van der Waals surface area (Å²) < 4.78 is 27.5. The van der Waals surface area contributed by atoms with E-state index in [9.17, 15) is 18.0 Å². The van der Waals surface area contributed by atoms with E-state index in [-0.39, 0.29) is 28.7 Å². The van der Waals surface area contributed by atoms with Gasteiger partial charge in [-0.3, -0.25) is 9.59 Å². The quantitative estimate of drug-likeness (QED) is 0.395. The van der Waals surface area contributed by atoms with Crippen LogP contribution in [0.1, 0.15) is 49.5 Å². The molecule has 200 valence electrons. The maximum atomic E-state index is 13.1. The first kappa shape index (κ1) is 27.8. The van der Waals surface area contributed by atoms with Crippen molar-refractivity contribution in [1.82, 2.24) is 4.31 Å². The molecule has 2 N–H and O–H groups in total. The summed E-state index contributed by atoms with van der Waals surface area (Å²) in [5.74, 6) is -1.00. The van der Waals surface area contributed by atoms with Crippen molar-refractivity contribution in [3.05, 3.63) is 88.9 Å². The molecule has 1 heterocycles. The van der Waals surface area contributed by atoms with E-state index in [0.29, 0.717) is 41.3 Å². The van der Waals surface area contributed by atoms with Crippen LogP contribution in [-0.2, 0) is 20.2 Å². The molecule has 1 aliphatic heterocycles. The third-order valence-electron chi connectivity index (χ3n) is 6.61. The van der Waals surface area contributed by atoms with Gasteiger partial charge in [0.1, 0.15) is 0 Å². The molecule has 0 saturated carbocycles. The second kappa shape index (κ2) is 11.3. The van der Waals surface area contributed by atoms with Crippen LogP contribution in [0.25, 0.3) is 0 Å². The van der Waals surface area contributed by atoms with Gasteiger partial charge in [0, 0.05) is 35.1 Å². The average Bonchev–Trinajstić information content (AvgIpc) is 2.89. The number of hydrogen-bond donors (Lipinski definition) is 2. The monoisotopic (exact) mass is 553 g/mol. The molecule has 0 radical (unpaired) electrons. The number of piperidine rings is 1. The zero-order chi connectivity index (χ0) is 27.5. The van der Waals surface area contributed by atoms with Gasteiger partial charge in [-0.1, -0.05) is 50.6 Å². The van der Waals surface area contributed by atoms with Gasteiger partial charge < -0.3 is 10.6 Å². The Morgan fingerprint density at radius 2 is 1.55 bits per heavy atom. The fourth-order valence-corrected chi connectivity index (χ4v) is 6.02. The Balaban J connectivity index is 1.39. The third-order valence-corrected chi connectivity index (χ3v) is 8.74. The molecule has 0 spiro atoms. The molecule has 38 heavy (non-hydrogen) atoms. The molecule has 0 aromatic heterocycles. The first-order valence-electron chi connectivity index (χ1n) is 12.5. The van der Waals surface area contributed by atoms with Crippen molar-refractivity contribution in [3.63, 3.8) is 0 Å². The summed E-state index contributed by atoms with van der Waals surface area (Å²) >= 11 is 5.90. The van der Waals surface area contributed by atoms with Crippen molar-refractivity contribution < 1.29 is 18.0 Å². The highest BCUT2D eigenvalue weighted by Crippen LogP contribution is 2.27. The van der Waals surface area contributed by atoms with Gasteiger partial charge >= 0.3 is 0 Å². The number of nitrogens with zero attached hydrogens (tertiary/aromatic N) is 1. The van der Waals surface area contributed by atoms with Gasteiger partial charge in [0.2, 0.25) is 15.9 Å². The molecule has 7 nitrogen and oxygen atoms in total. The summed E-state index contributed by atoms with van der Waals surface area (Å²) in [6, 6.07) is 20.4. The van der Waals surface area contributed by atoms with Gasteiger partial charge in [0.25, 0.3) is 5.91 Å². The maximum Gasteiger partial charge on any atom is 0.255 e. The Bertz CT molecular complexity index is 1420. The lowest BCUT2D eigenvalue weighted by Gasteiger charge is -2.31. The molecule has 3 aromatic rings. The van der Waals surface area contributed by atoms with Crippen LogP contribution in [0.3, 0.4) is 0 Å². The predicted molar refractivity (Wildman–Crippen MR) is 151 cm³/mol. The Morgan fingerprint density at radius 3 is 2.18 bits per heavy atom. The van der Waals surface area contributed by atoms with Gasteiger partial charge in [-0.25, -0.2) is 8.42 Å². The number of amides is 2. The van der Waals surface area contributed by atoms with E-state index in [1.165, 1.54) is 28.6 Å². The number of halogens is 1. The summed E-state index contributed by atoms with van der Waals surface area (Å²) in [6.07, 6.45) is 1.16. The summed E-state index contributed by atoms with van der Waals surface area (Å²) in [7, 11) is -3.73. The Hall–Kier alpha value is -3.20. The Morgan fingerprint density at radius 1 is 0.921 bits per heavy atom. The molecule has 1 atom stereocenters. The fraction of sp³-hybridized carbons (Fsp3) is 0.310. The fourth-order valence-electron chi connectivity index (χ4n) is 4.37. The molecule has 1 fully saturated rings. The number of sulfonamides is 1. The lowest BCUT2D eigenvalue weighted by Crippen LogP contribution is -2.43. The van der Waals surface area contributed by atoms with Crippen LogP contribution < -0.4 is 10.6 Å². The van der Waals surface area contributed by atoms with Crippen LogP contribution in [0.4, 0.5) is 11.4 Å². The van der Waals surface area contributed by atoms with Crippen LogP contribution in [-0.4, -0.2) is 37.6 Å². The summed E-state index contributed by atoms with van der Waals surface area (Å²) in [4.78, 5) is 26.0. The van der Waals surface area contributed by atoms with Crippen molar-refractivity contribution in [1.29, 1.82) is 0 Å². The van der Waals surface area contributed by atoms with E-state index < -0.39 is 15.9 Å². The van der Waals surface area contributed by atoms with E-state index in [0.717, 1.165) is 5.56 Å². The minimum atomic E-state index is -3.73. The molecule has 9 heteroatoms. The Kier molecular flexibility index (Phi) is 8.25. The van der Waals surface area contributed by atoms with Gasteiger partial charge in [-0.05, 0) is 78.4 Å². The smallest absolute Gasteiger partial charge is 0.255 e. The zero-order valence-corrected chi connectivity index (χ0v) is 23.3. The minimum Gasteiger partial charge on any atom is -0.326 e. The average molecular weight is 554 g/mol. The number of rotatable bonds is 6. The molecule has 1 unspecified atom stereocenters. The summed E-state index contributed by atoms with van der Waals surface area (Å²) in [6.45, 7) is 6.80. The van der Waals surface area contributed by atoms with Crippen LogP contribution in [0, 0.1) is 5.92 Å². The lowest BCUT2D eigenvalue weighted by atomic mass is 9.87. The lowest BCUT2D eigenvalue weighted by molar-refractivity contribution is -0.120. The molecule has 2 amide bonds. The first-order valence-corrected chi connectivity index (χ1v) is 14.3. The normalized spacial score (nSPS) is 16.6. The topological polar surface area (TPSA) is 95.6 Å². The first-order chi connectivity index (χ1) is 17.9. The van der Waals surface area contributed by atoms with Crippen molar-refractivity contribution in [2.45, 2.75) is 43.9 Å². The molecular formula is C29H32ClN3O4S. The number of carbonyl (C=O) groups is 2. The summed E-state index contributed by atoms with van der Waals surface area (Å²) in [5.41, 5.74) is 2.74. The van der Waals surface area contributed by atoms with E-state index >= 15 is 0 Å². The SMILES string of the molecule is CC(C)(C)c1ccc(C(=O)Nc2cccc(NC(=O)C3CCCN(S(=O)(=O)c4ccc(Cl)cc4)C3)c2)cc1. The zero-order valence-electron chi connectivity index (χ0n) is 21.7. The van der Waals surface area contributed by atoms with Crippen LogP contribution in [0.2, 0.25) is 5.02 Å². The molecule has 1 aliphatic rings. The largest absolute Gasteiger partial charge is 0.326 e. The van der Waals surface area contributed by atoms with E-state index in [2.05, 4.69) is 31.4 Å². The number of nitrogens with one attached hydrogen (secondary N) is 2. The number of benzene rings is 3. The van der Waals surface area contributed by atoms with Crippen LogP contribution in [0.5, 0.6) is 0 Å². The highest BCUT2D eigenvalue weighted by molar-refractivity contribution is 7.89. The number of hydrogen-bond acceptors (Lipinski definition) is 4. The second-order valence-corrected chi connectivity index (χ2v) is 12.9. The molecule has 4 rings (SSSR count). The molecule has 3 aromatic carbocycles. The van der Waals surface area contributed by atoms with Gasteiger partial charge in [0.15, 0.2) is 0 Å². The number of carbonyl (C=O) groups excluding carboxylic acids is 2. The molecule has 1 saturated heterocycles.